The zero-order valence-electron chi connectivity index (χ0n) is 8.64. The first-order valence-corrected chi connectivity index (χ1v) is 5.10. The number of rotatable bonds is 2. The van der Waals surface area contributed by atoms with E-state index in [1.807, 2.05) is 12.1 Å². The van der Waals surface area contributed by atoms with Crippen molar-refractivity contribution in [2.24, 2.45) is 0 Å². The van der Waals surface area contributed by atoms with Crippen LogP contribution in [-0.4, -0.2) is 15.5 Å². The number of pyridine rings is 1. The highest BCUT2D eigenvalue weighted by molar-refractivity contribution is 6.33. The Morgan fingerprint density at radius 3 is 2.94 bits per heavy atom. The third kappa shape index (κ3) is 2.23. The molecule has 16 heavy (non-hydrogen) atoms. The van der Waals surface area contributed by atoms with Gasteiger partial charge in [-0.15, -0.1) is 0 Å². The predicted molar refractivity (Wildman–Crippen MR) is 62.9 cm³/mol. The normalized spacial score (nSPS) is 10.1. The maximum atomic E-state index is 10.9. The Morgan fingerprint density at radius 2 is 2.31 bits per heavy atom. The summed E-state index contributed by atoms with van der Waals surface area (Å²) in [7, 11) is 0. The third-order valence-electron chi connectivity index (χ3n) is 2.03. The molecular formula is C11H10ClN3O. The smallest absolute Gasteiger partial charge is 0.221 e. The lowest BCUT2D eigenvalue weighted by Crippen LogP contribution is -2.05. The molecule has 0 aliphatic carbocycles. The van der Waals surface area contributed by atoms with Crippen molar-refractivity contribution in [1.29, 1.82) is 0 Å². The van der Waals surface area contributed by atoms with Crippen LogP contribution in [0.5, 0.6) is 0 Å². The van der Waals surface area contributed by atoms with Crippen LogP contribution in [0.1, 0.15) is 6.92 Å². The monoisotopic (exact) mass is 235 g/mol. The van der Waals surface area contributed by atoms with Gasteiger partial charge in [-0.2, -0.15) is 0 Å². The zero-order valence-corrected chi connectivity index (χ0v) is 9.40. The first-order chi connectivity index (χ1) is 7.66. The number of anilines is 1. The van der Waals surface area contributed by atoms with E-state index in [0.717, 1.165) is 5.69 Å². The molecule has 2 rings (SSSR count). The number of aromatic nitrogens is 2. The Bertz CT molecular complexity index is 507. The van der Waals surface area contributed by atoms with Crippen molar-refractivity contribution in [3.05, 3.63) is 41.9 Å². The van der Waals surface area contributed by atoms with E-state index in [0.29, 0.717) is 10.7 Å². The zero-order chi connectivity index (χ0) is 11.5. The number of carbonyl (C=O) groups is 1. The van der Waals surface area contributed by atoms with Gasteiger partial charge in [0.25, 0.3) is 0 Å². The van der Waals surface area contributed by atoms with Crippen LogP contribution in [0, 0.1) is 0 Å². The fourth-order valence-corrected chi connectivity index (χ4v) is 1.57. The highest BCUT2D eigenvalue weighted by atomic mass is 35.5. The molecule has 1 amide bonds. The lowest BCUT2D eigenvalue weighted by Gasteiger charge is -2.00. The highest BCUT2D eigenvalue weighted by Crippen LogP contribution is 2.24. The van der Waals surface area contributed by atoms with Gasteiger partial charge in [-0.25, -0.2) is 0 Å². The minimum absolute atomic E-state index is 0.147. The molecule has 0 aromatic carbocycles. The Hall–Kier alpha value is -1.81. The van der Waals surface area contributed by atoms with Crippen molar-refractivity contribution >= 4 is 23.2 Å². The van der Waals surface area contributed by atoms with Gasteiger partial charge in [0.2, 0.25) is 5.91 Å². The summed E-state index contributed by atoms with van der Waals surface area (Å²) in [5.74, 6) is -0.147. The standard InChI is InChI=1S/C11H10ClN3O/c1-8(16)14-11-7-15(6-10(11)12)9-3-2-4-13-5-9/h2-7H,1H3,(H,14,16). The van der Waals surface area contributed by atoms with Gasteiger partial charge in [0.1, 0.15) is 0 Å². The molecule has 0 bridgehead atoms. The molecule has 2 heterocycles. The summed E-state index contributed by atoms with van der Waals surface area (Å²) < 4.78 is 1.81. The first kappa shape index (κ1) is 10.7. The van der Waals surface area contributed by atoms with Gasteiger partial charge in [-0.05, 0) is 12.1 Å². The minimum atomic E-state index is -0.147. The molecule has 5 heteroatoms. The lowest BCUT2D eigenvalue weighted by atomic mass is 10.4. The second kappa shape index (κ2) is 4.37. The average molecular weight is 236 g/mol. The molecule has 0 saturated carbocycles. The lowest BCUT2D eigenvalue weighted by molar-refractivity contribution is -0.114. The summed E-state index contributed by atoms with van der Waals surface area (Å²) in [4.78, 5) is 14.9. The molecule has 4 nitrogen and oxygen atoms in total. The first-order valence-electron chi connectivity index (χ1n) is 4.72. The number of amides is 1. The van der Waals surface area contributed by atoms with Gasteiger partial charge >= 0.3 is 0 Å². The van der Waals surface area contributed by atoms with E-state index in [2.05, 4.69) is 10.3 Å². The maximum Gasteiger partial charge on any atom is 0.221 e. The van der Waals surface area contributed by atoms with Crippen molar-refractivity contribution in [1.82, 2.24) is 9.55 Å². The summed E-state index contributed by atoms with van der Waals surface area (Å²) in [5.41, 5.74) is 1.49. The number of halogens is 1. The fraction of sp³-hybridized carbons (Fsp3) is 0.0909. The number of carbonyl (C=O) groups excluding carboxylic acids is 1. The molecule has 0 aliphatic heterocycles. The molecule has 0 unspecified atom stereocenters. The molecule has 2 aromatic heterocycles. The molecule has 0 aliphatic rings. The average Bonchev–Trinajstić information content (AvgIpc) is 2.61. The number of hydrogen-bond donors (Lipinski definition) is 1. The summed E-state index contributed by atoms with van der Waals surface area (Å²) in [5, 5.41) is 3.15. The van der Waals surface area contributed by atoms with E-state index in [4.69, 9.17) is 11.6 Å². The molecule has 82 valence electrons. The Kier molecular flexibility index (Phi) is 2.92. The molecule has 0 fully saturated rings. The van der Waals surface area contributed by atoms with Gasteiger partial charge in [-0.3, -0.25) is 9.78 Å². The number of nitrogens with one attached hydrogen (secondary N) is 1. The summed E-state index contributed by atoms with van der Waals surface area (Å²) in [6.45, 7) is 1.44. The Labute approximate surface area is 97.9 Å². The molecule has 0 atom stereocenters. The van der Waals surface area contributed by atoms with Crippen molar-refractivity contribution in [3.63, 3.8) is 0 Å². The van der Waals surface area contributed by atoms with Crippen LogP contribution < -0.4 is 5.32 Å². The Balaban J connectivity index is 2.34. The van der Waals surface area contributed by atoms with E-state index in [9.17, 15) is 4.79 Å². The van der Waals surface area contributed by atoms with Crippen molar-refractivity contribution in [3.8, 4) is 5.69 Å². The highest BCUT2D eigenvalue weighted by Gasteiger charge is 2.06. The second-order valence-electron chi connectivity index (χ2n) is 3.32. The van der Waals surface area contributed by atoms with Gasteiger partial charge in [0.15, 0.2) is 0 Å². The van der Waals surface area contributed by atoms with Crippen LogP contribution >= 0.6 is 11.6 Å². The van der Waals surface area contributed by atoms with Crippen molar-refractivity contribution in [2.75, 3.05) is 5.32 Å². The quantitative estimate of drug-likeness (QED) is 0.869. The summed E-state index contributed by atoms with van der Waals surface area (Å²) in [6.07, 6.45) is 6.89. The number of hydrogen-bond acceptors (Lipinski definition) is 2. The van der Waals surface area contributed by atoms with Crippen LogP contribution in [0.15, 0.2) is 36.9 Å². The summed E-state index contributed by atoms with van der Waals surface area (Å²) in [6, 6.07) is 3.74. The largest absolute Gasteiger partial charge is 0.324 e. The fourth-order valence-electron chi connectivity index (χ4n) is 1.37. The maximum absolute atomic E-state index is 10.9. The van der Waals surface area contributed by atoms with Crippen LogP contribution in [0.25, 0.3) is 5.69 Å². The molecule has 0 saturated heterocycles. The van der Waals surface area contributed by atoms with E-state index in [1.165, 1.54) is 6.92 Å². The molecule has 0 radical (unpaired) electrons. The third-order valence-corrected chi connectivity index (χ3v) is 2.33. The van der Waals surface area contributed by atoms with E-state index in [-0.39, 0.29) is 5.91 Å². The topological polar surface area (TPSA) is 46.9 Å². The number of nitrogens with zero attached hydrogens (tertiary/aromatic N) is 2. The van der Waals surface area contributed by atoms with E-state index >= 15 is 0 Å². The molecule has 0 spiro atoms. The van der Waals surface area contributed by atoms with Crippen LogP contribution in [0.4, 0.5) is 5.69 Å². The molecule has 2 aromatic rings. The van der Waals surface area contributed by atoms with Gasteiger partial charge < -0.3 is 9.88 Å². The van der Waals surface area contributed by atoms with Gasteiger partial charge in [0.05, 0.1) is 22.6 Å². The van der Waals surface area contributed by atoms with Crippen LogP contribution in [0.3, 0.4) is 0 Å². The molecule has 1 N–H and O–H groups in total. The predicted octanol–water partition coefficient (Wildman–Crippen LogP) is 2.48. The Morgan fingerprint density at radius 1 is 1.50 bits per heavy atom. The van der Waals surface area contributed by atoms with E-state index < -0.39 is 0 Å². The van der Waals surface area contributed by atoms with Crippen molar-refractivity contribution in [2.45, 2.75) is 6.92 Å². The second-order valence-corrected chi connectivity index (χ2v) is 3.73. The SMILES string of the molecule is CC(=O)Nc1cn(-c2cccnc2)cc1Cl. The minimum Gasteiger partial charge on any atom is -0.324 e. The van der Waals surface area contributed by atoms with Gasteiger partial charge in [0, 0.05) is 25.5 Å². The van der Waals surface area contributed by atoms with Gasteiger partial charge in [-0.1, -0.05) is 11.6 Å². The molecular weight excluding hydrogens is 226 g/mol. The van der Waals surface area contributed by atoms with Crippen molar-refractivity contribution < 1.29 is 4.79 Å². The summed E-state index contributed by atoms with van der Waals surface area (Å²) >= 11 is 5.98. The van der Waals surface area contributed by atoms with E-state index in [1.54, 1.807) is 29.4 Å². The van der Waals surface area contributed by atoms with Crippen LogP contribution in [-0.2, 0) is 4.79 Å². The van der Waals surface area contributed by atoms with Crippen LogP contribution in [0.2, 0.25) is 5.02 Å².